The highest BCUT2D eigenvalue weighted by molar-refractivity contribution is 9.10. The van der Waals surface area contributed by atoms with E-state index in [4.69, 9.17) is 5.11 Å². The number of hydrogen-bond acceptors (Lipinski definition) is 2. The summed E-state index contributed by atoms with van der Waals surface area (Å²) in [6.07, 6.45) is -3.58. The molecule has 2 rings (SSSR count). The Morgan fingerprint density at radius 1 is 1.10 bits per heavy atom. The van der Waals surface area contributed by atoms with Crippen LogP contribution in [0.15, 0.2) is 46.9 Å². The highest BCUT2D eigenvalue weighted by Crippen LogP contribution is 2.34. The van der Waals surface area contributed by atoms with Gasteiger partial charge < -0.3 is 9.84 Å². The van der Waals surface area contributed by atoms with E-state index in [1.165, 1.54) is 24.3 Å². The van der Waals surface area contributed by atoms with Crippen LogP contribution in [0.3, 0.4) is 0 Å². The lowest BCUT2D eigenvalue weighted by atomic mass is 10.2. The molecule has 6 heteroatoms. The van der Waals surface area contributed by atoms with Gasteiger partial charge in [-0.3, -0.25) is 0 Å². The van der Waals surface area contributed by atoms with Crippen molar-refractivity contribution in [2.24, 2.45) is 0 Å². The Hall–Kier alpha value is -1.53. The lowest BCUT2D eigenvalue weighted by Gasteiger charge is -2.20. The summed E-state index contributed by atoms with van der Waals surface area (Å²) in [4.78, 5) is 0. The molecule has 0 saturated carbocycles. The molecule has 0 fully saturated rings. The van der Waals surface area contributed by atoms with Crippen LogP contribution >= 0.6 is 15.9 Å². The zero-order chi connectivity index (χ0) is 14.8. The number of aliphatic hydroxyl groups excluding tert-OH is 1. The average Bonchev–Trinajstić information content (AvgIpc) is 2.41. The van der Waals surface area contributed by atoms with Crippen molar-refractivity contribution in [3.05, 3.63) is 63.9 Å². The molecule has 2 aromatic carbocycles. The zero-order valence-electron chi connectivity index (χ0n) is 10.1. The third-order valence-electron chi connectivity index (χ3n) is 2.61. The molecule has 0 bridgehead atoms. The maximum absolute atomic E-state index is 14.0. The molecule has 0 aliphatic heterocycles. The molecule has 0 radical (unpaired) electrons. The van der Waals surface area contributed by atoms with E-state index in [1.807, 2.05) is 0 Å². The fourth-order valence-electron chi connectivity index (χ4n) is 1.61. The van der Waals surface area contributed by atoms with Crippen molar-refractivity contribution in [3.8, 4) is 5.75 Å². The molecule has 2 nitrogen and oxygen atoms in total. The van der Waals surface area contributed by atoms with Crippen LogP contribution in [-0.2, 0) is 12.7 Å². The molecule has 0 amide bonds. The number of benzene rings is 2. The van der Waals surface area contributed by atoms with Gasteiger partial charge in [0.2, 0.25) is 0 Å². The summed E-state index contributed by atoms with van der Waals surface area (Å²) in [5.41, 5.74) is -0.379. The maximum Gasteiger partial charge on any atom is 0.426 e. The highest BCUT2D eigenvalue weighted by Gasteiger charge is 2.35. The van der Waals surface area contributed by atoms with E-state index in [0.29, 0.717) is 4.47 Å². The topological polar surface area (TPSA) is 29.5 Å². The molecule has 0 atom stereocenters. The first-order chi connectivity index (χ1) is 9.42. The molecule has 0 saturated heterocycles. The predicted octanol–water partition coefficient (Wildman–Crippen LogP) is 4.21. The molecule has 0 heterocycles. The van der Waals surface area contributed by atoms with E-state index >= 15 is 0 Å². The summed E-state index contributed by atoms with van der Waals surface area (Å²) >= 11 is 3.15. The molecule has 0 aromatic heterocycles. The minimum absolute atomic E-state index is 0.0400. The van der Waals surface area contributed by atoms with Crippen LogP contribution in [0, 0.1) is 5.82 Å². The standard InChI is InChI=1S/C14H10BrF3O2/c15-11-3-1-10(2-4-11)14(17,18)20-13-6-5-12(16)7-9(13)8-19/h1-7,19H,8H2. The first-order valence-corrected chi connectivity index (χ1v) is 6.44. The second-order valence-corrected chi connectivity index (χ2v) is 4.95. The fraction of sp³-hybridized carbons (Fsp3) is 0.143. The molecule has 2 aromatic rings. The lowest BCUT2D eigenvalue weighted by Crippen LogP contribution is -2.22. The molecule has 0 unspecified atom stereocenters. The summed E-state index contributed by atoms with van der Waals surface area (Å²) in [7, 11) is 0. The van der Waals surface area contributed by atoms with E-state index in [2.05, 4.69) is 20.7 Å². The van der Waals surface area contributed by atoms with Crippen molar-refractivity contribution >= 4 is 15.9 Å². The Balaban J connectivity index is 2.30. The largest absolute Gasteiger partial charge is 0.429 e. The van der Waals surface area contributed by atoms with Crippen LogP contribution in [-0.4, -0.2) is 5.11 Å². The number of ether oxygens (including phenoxy) is 1. The van der Waals surface area contributed by atoms with Gasteiger partial charge in [0.15, 0.2) is 0 Å². The van der Waals surface area contributed by atoms with Crippen LogP contribution in [0.25, 0.3) is 0 Å². The fourth-order valence-corrected chi connectivity index (χ4v) is 1.88. The average molecular weight is 347 g/mol. The molecule has 106 valence electrons. The second-order valence-electron chi connectivity index (χ2n) is 4.04. The second kappa shape index (κ2) is 5.85. The Morgan fingerprint density at radius 3 is 2.35 bits per heavy atom. The molecular weight excluding hydrogens is 337 g/mol. The van der Waals surface area contributed by atoms with Gasteiger partial charge in [-0.05, 0) is 42.5 Å². The smallest absolute Gasteiger partial charge is 0.426 e. The van der Waals surface area contributed by atoms with Crippen LogP contribution in [0.1, 0.15) is 11.1 Å². The van der Waals surface area contributed by atoms with E-state index in [0.717, 1.165) is 18.2 Å². The summed E-state index contributed by atoms with van der Waals surface area (Å²) in [5, 5.41) is 9.05. The van der Waals surface area contributed by atoms with E-state index in [1.54, 1.807) is 0 Å². The first-order valence-electron chi connectivity index (χ1n) is 5.64. The molecule has 20 heavy (non-hydrogen) atoms. The van der Waals surface area contributed by atoms with E-state index in [9.17, 15) is 13.2 Å². The Labute approximate surface area is 121 Å². The van der Waals surface area contributed by atoms with Crippen molar-refractivity contribution in [1.29, 1.82) is 0 Å². The summed E-state index contributed by atoms with van der Waals surface area (Å²) in [6.45, 7) is -0.594. The Kier molecular flexibility index (Phi) is 4.35. The molecular formula is C14H10BrF3O2. The van der Waals surface area contributed by atoms with E-state index < -0.39 is 18.5 Å². The van der Waals surface area contributed by atoms with Crippen LogP contribution in [0.4, 0.5) is 13.2 Å². The molecule has 1 N–H and O–H groups in total. The normalized spacial score (nSPS) is 11.4. The number of aliphatic hydroxyl groups is 1. The molecule has 0 aliphatic rings. The van der Waals surface area contributed by atoms with Crippen LogP contribution in [0.5, 0.6) is 5.75 Å². The Morgan fingerprint density at radius 2 is 1.75 bits per heavy atom. The van der Waals surface area contributed by atoms with Gasteiger partial charge in [-0.15, -0.1) is 0 Å². The van der Waals surface area contributed by atoms with Gasteiger partial charge in [0.05, 0.1) is 12.2 Å². The number of halogens is 4. The predicted molar refractivity (Wildman–Crippen MR) is 71.0 cm³/mol. The monoisotopic (exact) mass is 346 g/mol. The third-order valence-corrected chi connectivity index (χ3v) is 3.14. The number of hydrogen-bond donors (Lipinski definition) is 1. The van der Waals surface area contributed by atoms with Gasteiger partial charge in [0.25, 0.3) is 0 Å². The van der Waals surface area contributed by atoms with Crippen molar-refractivity contribution in [2.45, 2.75) is 12.7 Å². The van der Waals surface area contributed by atoms with E-state index in [-0.39, 0.29) is 16.9 Å². The number of alkyl halides is 2. The minimum Gasteiger partial charge on any atom is -0.429 e. The zero-order valence-corrected chi connectivity index (χ0v) is 11.7. The minimum atomic E-state index is -3.58. The van der Waals surface area contributed by atoms with Gasteiger partial charge in [-0.25, -0.2) is 4.39 Å². The lowest BCUT2D eigenvalue weighted by molar-refractivity contribution is -0.186. The summed E-state index contributed by atoms with van der Waals surface area (Å²) in [5.74, 6) is -0.893. The first kappa shape index (κ1) is 14.9. The van der Waals surface area contributed by atoms with Gasteiger partial charge in [-0.2, -0.15) is 8.78 Å². The Bertz CT molecular complexity index is 600. The van der Waals surface area contributed by atoms with Gasteiger partial charge in [0, 0.05) is 10.0 Å². The van der Waals surface area contributed by atoms with Gasteiger partial charge in [0.1, 0.15) is 11.6 Å². The molecule has 0 spiro atoms. The molecule has 0 aliphatic carbocycles. The number of rotatable bonds is 4. The van der Waals surface area contributed by atoms with Crippen LogP contribution < -0.4 is 4.74 Å². The van der Waals surface area contributed by atoms with Crippen molar-refractivity contribution in [2.75, 3.05) is 0 Å². The van der Waals surface area contributed by atoms with Gasteiger partial charge >= 0.3 is 6.11 Å². The highest BCUT2D eigenvalue weighted by atomic mass is 79.9. The van der Waals surface area contributed by atoms with Crippen LogP contribution in [0.2, 0.25) is 0 Å². The third kappa shape index (κ3) is 3.32. The quantitative estimate of drug-likeness (QED) is 0.898. The summed E-state index contributed by atoms with van der Waals surface area (Å²) < 4.78 is 46.2. The van der Waals surface area contributed by atoms with Crippen molar-refractivity contribution < 1.29 is 23.0 Å². The van der Waals surface area contributed by atoms with Crippen molar-refractivity contribution in [3.63, 3.8) is 0 Å². The maximum atomic E-state index is 14.0. The SMILES string of the molecule is OCc1cc(F)ccc1OC(F)(F)c1ccc(Br)cc1. The summed E-state index contributed by atoms with van der Waals surface area (Å²) in [6, 6.07) is 8.36. The van der Waals surface area contributed by atoms with Crippen molar-refractivity contribution in [1.82, 2.24) is 0 Å². The van der Waals surface area contributed by atoms with Gasteiger partial charge in [-0.1, -0.05) is 15.9 Å².